The summed E-state index contributed by atoms with van der Waals surface area (Å²) in [7, 11) is 1.75. The molecule has 6 nitrogen and oxygen atoms in total. The predicted molar refractivity (Wildman–Crippen MR) is 114 cm³/mol. The van der Waals surface area contributed by atoms with Gasteiger partial charge in [0.05, 0.1) is 19.8 Å². The zero-order chi connectivity index (χ0) is 20.8. The van der Waals surface area contributed by atoms with Crippen LogP contribution in [0, 0.1) is 13.8 Å². The van der Waals surface area contributed by atoms with E-state index in [1.807, 2.05) is 44.2 Å². The molecule has 1 aliphatic rings. The van der Waals surface area contributed by atoms with Crippen LogP contribution >= 0.6 is 0 Å². The summed E-state index contributed by atoms with van der Waals surface area (Å²) in [6.07, 6.45) is 0. The van der Waals surface area contributed by atoms with Gasteiger partial charge in [0, 0.05) is 37.9 Å². The van der Waals surface area contributed by atoms with E-state index in [1.165, 1.54) is 5.69 Å². The van der Waals surface area contributed by atoms with Gasteiger partial charge in [-0.3, -0.25) is 9.59 Å². The Morgan fingerprint density at radius 2 is 1.66 bits per heavy atom. The number of carbonyl (C=O) groups excluding carboxylic acids is 2. The topological polar surface area (TPSA) is 61.9 Å². The van der Waals surface area contributed by atoms with Crippen LogP contribution in [0.4, 0.5) is 5.69 Å². The Bertz CT molecular complexity index is 838. The second-order valence-electron chi connectivity index (χ2n) is 7.57. The molecule has 1 aliphatic heterocycles. The molecule has 1 heterocycles. The minimum Gasteiger partial charge on any atom is -0.378 e. The van der Waals surface area contributed by atoms with Crippen molar-refractivity contribution in [2.24, 2.45) is 0 Å². The fourth-order valence-electron chi connectivity index (χ4n) is 3.49. The van der Waals surface area contributed by atoms with Crippen molar-refractivity contribution < 1.29 is 14.3 Å². The van der Waals surface area contributed by atoms with E-state index in [0.717, 1.165) is 43.0 Å². The molecule has 0 atom stereocenters. The van der Waals surface area contributed by atoms with Crippen molar-refractivity contribution in [3.05, 3.63) is 64.7 Å². The first-order valence-corrected chi connectivity index (χ1v) is 9.94. The monoisotopic (exact) mass is 395 g/mol. The molecule has 0 unspecified atom stereocenters. The quantitative estimate of drug-likeness (QED) is 0.817. The number of hydrogen-bond donors (Lipinski definition) is 1. The lowest BCUT2D eigenvalue weighted by molar-refractivity contribution is -0.129. The number of carbonyl (C=O) groups is 2. The van der Waals surface area contributed by atoms with E-state index in [2.05, 4.69) is 22.3 Å². The van der Waals surface area contributed by atoms with Crippen LogP contribution < -0.4 is 10.2 Å². The zero-order valence-corrected chi connectivity index (χ0v) is 17.4. The van der Waals surface area contributed by atoms with Gasteiger partial charge >= 0.3 is 0 Å². The molecule has 0 bridgehead atoms. The minimum absolute atomic E-state index is 0.0197. The molecule has 154 valence electrons. The van der Waals surface area contributed by atoms with Crippen molar-refractivity contribution in [2.75, 3.05) is 44.8 Å². The zero-order valence-electron chi connectivity index (χ0n) is 17.4. The van der Waals surface area contributed by atoms with E-state index in [-0.39, 0.29) is 18.4 Å². The van der Waals surface area contributed by atoms with Gasteiger partial charge in [0.25, 0.3) is 5.91 Å². The molecule has 2 amide bonds. The number of morpholine rings is 1. The molecule has 1 fully saturated rings. The Morgan fingerprint density at radius 1 is 1.03 bits per heavy atom. The van der Waals surface area contributed by atoms with Gasteiger partial charge in [-0.2, -0.15) is 0 Å². The number of nitrogens with one attached hydrogen (secondary N) is 1. The fourth-order valence-corrected chi connectivity index (χ4v) is 3.49. The van der Waals surface area contributed by atoms with Crippen molar-refractivity contribution in [3.8, 4) is 0 Å². The number of hydrogen-bond acceptors (Lipinski definition) is 4. The highest BCUT2D eigenvalue weighted by atomic mass is 16.5. The van der Waals surface area contributed by atoms with Crippen LogP contribution in [0.1, 0.15) is 27.0 Å². The van der Waals surface area contributed by atoms with Crippen molar-refractivity contribution in [1.29, 1.82) is 0 Å². The van der Waals surface area contributed by atoms with Gasteiger partial charge in [0.1, 0.15) is 0 Å². The highest BCUT2D eigenvalue weighted by Gasteiger charge is 2.14. The molecule has 0 radical (unpaired) electrons. The summed E-state index contributed by atoms with van der Waals surface area (Å²) >= 11 is 0. The molecule has 2 aromatic carbocycles. The fraction of sp³-hybridized carbons (Fsp3) is 0.391. The van der Waals surface area contributed by atoms with Crippen LogP contribution in [0.15, 0.2) is 42.5 Å². The normalized spacial score (nSPS) is 13.8. The molecule has 1 N–H and O–H groups in total. The summed E-state index contributed by atoms with van der Waals surface area (Å²) in [5.41, 5.74) is 4.86. The number of ether oxygens (including phenoxy) is 1. The van der Waals surface area contributed by atoms with Gasteiger partial charge in [-0.15, -0.1) is 0 Å². The Hall–Kier alpha value is -2.86. The minimum atomic E-state index is -0.228. The molecule has 0 aromatic heterocycles. The Kier molecular flexibility index (Phi) is 6.88. The summed E-state index contributed by atoms with van der Waals surface area (Å²) < 4.78 is 5.39. The van der Waals surface area contributed by atoms with Gasteiger partial charge in [-0.25, -0.2) is 0 Å². The molecule has 6 heteroatoms. The SMILES string of the molecule is Cc1cc(C)cc(C(=O)NCC(=O)N(C)Cc2ccc(N3CCOCC3)cc2)c1. The largest absolute Gasteiger partial charge is 0.378 e. The number of amides is 2. The number of aryl methyl sites for hydroxylation is 2. The molecule has 0 saturated carbocycles. The van der Waals surface area contributed by atoms with Crippen molar-refractivity contribution in [3.63, 3.8) is 0 Å². The lowest BCUT2D eigenvalue weighted by atomic mass is 10.1. The first-order valence-electron chi connectivity index (χ1n) is 9.94. The van der Waals surface area contributed by atoms with E-state index in [1.54, 1.807) is 11.9 Å². The van der Waals surface area contributed by atoms with Gasteiger partial charge in [-0.1, -0.05) is 29.3 Å². The third-order valence-electron chi connectivity index (χ3n) is 5.04. The molecule has 3 rings (SSSR count). The maximum atomic E-state index is 12.4. The summed E-state index contributed by atoms with van der Waals surface area (Å²) in [5, 5.41) is 2.72. The third kappa shape index (κ3) is 5.81. The van der Waals surface area contributed by atoms with Crippen LogP contribution in [0.25, 0.3) is 0 Å². The first-order chi connectivity index (χ1) is 13.9. The van der Waals surface area contributed by atoms with E-state index in [9.17, 15) is 9.59 Å². The van der Waals surface area contributed by atoms with Crippen LogP contribution in [-0.4, -0.2) is 56.6 Å². The second kappa shape index (κ2) is 9.56. The highest BCUT2D eigenvalue weighted by Crippen LogP contribution is 2.17. The van der Waals surface area contributed by atoms with E-state index < -0.39 is 0 Å². The molecular weight excluding hydrogens is 366 g/mol. The molecule has 0 spiro atoms. The average molecular weight is 396 g/mol. The summed E-state index contributed by atoms with van der Waals surface area (Å²) in [5.74, 6) is -0.353. The summed E-state index contributed by atoms with van der Waals surface area (Å²) in [6.45, 7) is 7.70. The van der Waals surface area contributed by atoms with Crippen LogP contribution in [0.5, 0.6) is 0 Å². The van der Waals surface area contributed by atoms with Crippen molar-refractivity contribution in [1.82, 2.24) is 10.2 Å². The van der Waals surface area contributed by atoms with Gasteiger partial charge in [0.15, 0.2) is 0 Å². The number of anilines is 1. The lowest BCUT2D eigenvalue weighted by Gasteiger charge is -2.29. The van der Waals surface area contributed by atoms with Gasteiger partial charge in [-0.05, 0) is 43.7 Å². The molecule has 2 aromatic rings. The lowest BCUT2D eigenvalue weighted by Crippen LogP contribution is -2.38. The van der Waals surface area contributed by atoms with E-state index in [0.29, 0.717) is 12.1 Å². The average Bonchev–Trinajstić information content (AvgIpc) is 2.72. The van der Waals surface area contributed by atoms with E-state index >= 15 is 0 Å². The van der Waals surface area contributed by atoms with Crippen molar-refractivity contribution >= 4 is 17.5 Å². The smallest absolute Gasteiger partial charge is 0.251 e. The van der Waals surface area contributed by atoms with Gasteiger partial charge in [0.2, 0.25) is 5.91 Å². The number of rotatable bonds is 6. The van der Waals surface area contributed by atoms with Gasteiger partial charge < -0.3 is 19.9 Å². The summed E-state index contributed by atoms with van der Waals surface area (Å²) in [4.78, 5) is 28.7. The number of likely N-dealkylation sites (N-methyl/N-ethyl adjacent to an activating group) is 1. The van der Waals surface area contributed by atoms with Crippen LogP contribution in [-0.2, 0) is 16.1 Å². The second-order valence-corrected chi connectivity index (χ2v) is 7.57. The highest BCUT2D eigenvalue weighted by molar-refractivity contribution is 5.96. The third-order valence-corrected chi connectivity index (χ3v) is 5.04. The maximum Gasteiger partial charge on any atom is 0.251 e. The Balaban J connectivity index is 1.50. The standard InChI is InChI=1S/C23H29N3O3/c1-17-12-18(2)14-20(13-17)23(28)24-15-22(27)25(3)16-19-4-6-21(7-5-19)26-8-10-29-11-9-26/h4-7,12-14H,8-11,15-16H2,1-3H3,(H,24,28). The Labute approximate surface area is 172 Å². The van der Waals surface area contributed by atoms with Crippen LogP contribution in [0.3, 0.4) is 0 Å². The molecule has 0 aliphatic carbocycles. The molecule has 1 saturated heterocycles. The number of nitrogens with zero attached hydrogens (tertiary/aromatic N) is 2. The summed E-state index contributed by atoms with van der Waals surface area (Å²) in [6, 6.07) is 13.9. The Morgan fingerprint density at radius 3 is 2.28 bits per heavy atom. The number of benzene rings is 2. The predicted octanol–water partition coefficient (Wildman–Crippen LogP) is 2.53. The first kappa shape index (κ1) is 20.9. The van der Waals surface area contributed by atoms with Crippen LogP contribution in [0.2, 0.25) is 0 Å². The van der Waals surface area contributed by atoms with Crippen molar-refractivity contribution in [2.45, 2.75) is 20.4 Å². The molecular formula is C23H29N3O3. The van der Waals surface area contributed by atoms with E-state index in [4.69, 9.17) is 4.74 Å². The maximum absolute atomic E-state index is 12.4. The molecule has 29 heavy (non-hydrogen) atoms.